The van der Waals surface area contributed by atoms with Crippen LogP contribution in [0.2, 0.25) is 0 Å². The fourth-order valence-corrected chi connectivity index (χ4v) is 2.18. The molecule has 1 aromatic carbocycles. The Labute approximate surface area is 102 Å². The van der Waals surface area contributed by atoms with Gasteiger partial charge in [-0.15, -0.1) is 0 Å². The molecule has 3 nitrogen and oxygen atoms in total. The molecule has 0 unspecified atom stereocenters. The number of rotatable bonds is 2. The molecular formula is C12H13BrN2O. The first kappa shape index (κ1) is 11.2. The summed E-state index contributed by atoms with van der Waals surface area (Å²) in [6.45, 7) is 4.08. The zero-order valence-corrected chi connectivity index (χ0v) is 10.8. The standard InChI is InChI=1S/C12H13BrN2O/c1-8(2)15-11(7-12(16)14-15)9-5-3-4-6-10(9)13/h3-8H,1-2H3,(H,14,16). The molecule has 4 heteroatoms. The number of nitrogens with zero attached hydrogens (tertiary/aromatic N) is 1. The zero-order chi connectivity index (χ0) is 11.7. The average Bonchev–Trinajstić information content (AvgIpc) is 2.61. The van der Waals surface area contributed by atoms with Crippen LogP contribution in [0.25, 0.3) is 11.3 Å². The van der Waals surface area contributed by atoms with Crippen LogP contribution in [0.15, 0.2) is 39.6 Å². The van der Waals surface area contributed by atoms with Crippen LogP contribution in [0, 0.1) is 0 Å². The van der Waals surface area contributed by atoms with Gasteiger partial charge in [0.25, 0.3) is 5.56 Å². The van der Waals surface area contributed by atoms with E-state index in [0.717, 1.165) is 15.7 Å². The van der Waals surface area contributed by atoms with E-state index in [1.165, 1.54) is 0 Å². The van der Waals surface area contributed by atoms with Crippen LogP contribution >= 0.6 is 15.9 Å². The van der Waals surface area contributed by atoms with Crippen LogP contribution in [-0.2, 0) is 0 Å². The summed E-state index contributed by atoms with van der Waals surface area (Å²) in [4.78, 5) is 11.4. The van der Waals surface area contributed by atoms with Crippen LogP contribution in [-0.4, -0.2) is 9.78 Å². The van der Waals surface area contributed by atoms with Gasteiger partial charge < -0.3 is 0 Å². The molecule has 2 rings (SSSR count). The second-order valence-corrected chi connectivity index (χ2v) is 4.80. The van der Waals surface area contributed by atoms with E-state index in [-0.39, 0.29) is 11.6 Å². The lowest BCUT2D eigenvalue weighted by molar-refractivity contribution is 0.534. The van der Waals surface area contributed by atoms with E-state index in [1.807, 2.05) is 42.8 Å². The molecule has 1 heterocycles. The third kappa shape index (κ3) is 1.97. The number of hydrogen-bond acceptors (Lipinski definition) is 1. The van der Waals surface area contributed by atoms with E-state index in [4.69, 9.17) is 0 Å². The molecular weight excluding hydrogens is 268 g/mol. The zero-order valence-electron chi connectivity index (χ0n) is 9.20. The summed E-state index contributed by atoms with van der Waals surface area (Å²) in [6.07, 6.45) is 0. The summed E-state index contributed by atoms with van der Waals surface area (Å²) in [5.41, 5.74) is 1.86. The maximum Gasteiger partial charge on any atom is 0.264 e. The number of benzene rings is 1. The highest BCUT2D eigenvalue weighted by Crippen LogP contribution is 2.28. The first-order chi connectivity index (χ1) is 7.59. The molecule has 16 heavy (non-hydrogen) atoms. The second-order valence-electron chi connectivity index (χ2n) is 3.95. The highest BCUT2D eigenvalue weighted by molar-refractivity contribution is 9.10. The van der Waals surface area contributed by atoms with Crippen molar-refractivity contribution >= 4 is 15.9 Å². The summed E-state index contributed by atoms with van der Waals surface area (Å²) in [5, 5.41) is 2.81. The lowest BCUT2D eigenvalue weighted by atomic mass is 10.1. The Hall–Kier alpha value is -1.29. The van der Waals surface area contributed by atoms with E-state index >= 15 is 0 Å². The Morgan fingerprint density at radius 1 is 1.31 bits per heavy atom. The number of hydrogen-bond donors (Lipinski definition) is 1. The lowest BCUT2D eigenvalue weighted by Crippen LogP contribution is -2.08. The number of H-pyrrole nitrogens is 1. The molecule has 0 aliphatic rings. The molecule has 0 radical (unpaired) electrons. The Balaban J connectivity index is 2.64. The minimum absolute atomic E-state index is 0.0700. The Kier molecular flexibility index (Phi) is 3.01. The third-order valence-corrected chi connectivity index (χ3v) is 3.12. The van der Waals surface area contributed by atoms with E-state index in [2.05, 4.69) is 21.0 Å². The van der Waals surface area contributed by atoms with Crippen LogP contribution in [0.4, 0.5) is 0 Å². The molecule has 2 aromatic rings. The van der Waals surface area contributed by atoms with Crippen molar-refractivity contribution in [3.8, 4) is 11.3 Å². The first-order valence-electron chi connectivity index (χ1n) is 5.16. The molecule has 0 bridgehead atoms. The summed E-state index contributed by atoms with van der Waals surface area (Å²) >= 11 is 3.50. The average molecular weight is 281 g/mol. The Morgan fingerprint density at radius 2 is 2.00 bits per heavy atom. The predicted octanol–water partition coefficient (Wildman–Crippen LogP) is 3.19. The molecule has 84 valence electrons. The van der Waals surface area contributed by atoms with Gasteiger partial charge in [-0.3, -0.25) is 14.6 Å². The van der Waals surface area contributed by atoms with Crippen molar-refractivity contribution in [3.05, 3.63) is 45.2 Å². The minimum atomic E-state index is -0.0700. The molecule has 0 saturated carbocycles. The number of halogens is 1. The van der Waals surface area contributed by atoms with E-state index in [0.29, 0.717) is 0 Å². The lowest BCUT2D eigenvalue weighted by Gasteiger charge is -2.12. The highest BCUT2D eigenvalue weighted by Gasteiger charge is 2.11. The quantitative estimate of drug-likeness (QED) is 0.902. The van der Waals surface area contributed by atoms with Crippen LogP contribution < -0.4 is 5.56 Å². The smallest absolute Gasteiger partial charge is 0.264 e. The summed E-state index contributed by atoms with van der Waals surface area (Å²) in [7, 11) is 0. The Morgan fingerprint density at radius 3 is 2.62 bits per heavy atom. The summed E-state index contributed by atoms with van der Waals surface area (Å²) in [6, 6.07) is 9.73. The van der Waals surface area contributed by atoms with Crippen LogP contribution in [0.5, 0.6) is 0 Å². The molecule has 0 atom stereocenters. The van der Waals surface area contributed by atoms with Gasteiger partial charge in [0.1, 0.15) is 0 Å². The van der Waals surface area contributed by atoms with Crippen molar-refractivity contribution in [2.75, 3.05) is 0 Å². The maximum absolute atomic E-state index is 11.4. The van der Waals surface area contributed by atoms with Gasteiger partial charge in [-0.2, -0.15) is 0 Å². The largest absolute Gasteiger partial charge is 0.282 e. The molecule has 1 N–H and O–H groups in total. The van der Waals surface area contributed by atoms with Gasteiger partial charge >= 0.3 is 0 Å². The van der Waals surface area contributed by atoms with Gasteiger partial charge in [0, 0.05) is 22.1 Å². The SMILES string of the molecule is CC(C)n1[nH]c(=O)cc1-c1ccccc1Br. The normalized spacial score (nSPS) is 11.0. The molecule has 0 spiro atoms. The van der Waals surface area contributed by atoms with Gasteiger partial charge in [-0.25, -0.2) is 0 Å². The summed E-state index contributed by atoms with van der Waals surface area (Å²) in [5.74, 6) is 0. The van der Waals surface area contributed by atoms with E-state index in [9.17, 15) is 4.79 Å². The molecule has 0 fully saturated rings. The summed E-state index contributed by atoms with van der Waals surface area (Å²) < 4.78 is 2.87. The first-order valence-corrected chi connectivity index (χ1v) is 5.95. The fraction of sp³-hybridized carbons (Fsp3) is 0.250. The van der Waals surface area contributed by atoms with Crippen molar-refractivity contribution in [2.24, 2.45) is 0 Å². The predicted molar refractivity (Wildman–Crippen MR) is 68.6 cm³/mol. The minimum Gasteiger partial charge on any atom is -0.282 e. The van der Waals surface area contributed by atoms with Crippen molar-refractivity contribution in [1.82, 2.24) is 9.78 Å². The van der Waals surface area contributed by atoms with Gasteiger partial charge in [0.2, 0.25) is 0 Å². The maximum atomic E-state index is 11.4. The van der Waals surface area contributed by atoms with Crippen molar-refractivity contribution in [3.63, 3.8) is 0 Å². The third-order valence-electron chi connectivity index (χ3n) is 2.42. The molecule has 0 aliphatic carbocycles. The number of aromatic amines is 1. The topological polar surface area (TPSA) is 37.8 Å². The van der Waals surface area contributed by atoms with Crippen LogP contribution in [0.3, 0.4) is 0 Å². The van der Waals surface area contributed by atoms with E-state index in [1.54, 1.807) is 6.07 Å². The monoisotopic (exact) mass is 280 g/mol. The molecule has 0 saturated heterocycles. The Bertz CT molecular complexity index is 554. The number of nitrogens with one attached hydrogen (secondary N) is 1. The van der Waals surface area contributed by atoms with Gasteiger partial charge in [0.15, 0.2) is 0 Å². The van der Waals surface area contributed by atoms with Gasteiger partial charge in [-0.1, -0.05) is 34.1 Å². The van der Waals surface area contributed by atoms with Crippen molar-refractivity contribution in [2.45, 2.75) is 19.9 Å². The fourth-order valence-electron chi connectivity index (χ4n) is 1.69. The highest BCUT2D eigenvalue weighted by atomic mass is 79.9. The van der Waals surface area contributed by atoms with Crippen LogP contribution in [0.1, 0.15) is 19.9 Å². The number of aromatic nitrogens is 2. The van der Waals surface area contributed by atoms with Crippen molar-refractivity contribution < 1.29 is 0 Å². The molecule has 0 amide bonds. The molecule has 1 aromatic heterocycles. The van der Waals surface area contributed by atoms with Gasteiger partial charge in [0.05, 0.1) is 5.69 Å². The second kappa shape index (κ2) is 4.29. The van der Waals surface area contributed by atoms with Crippen molar-refractivity contribution in [1.29, 1.82) is 0 Å². The van der Waals surface area contributed by atoms with E-state index < -0.39 is 0 Å². The molecule has 0 aliphatic heterocycles. The van der Waals surface area contributed by atoms with Gasteiger partial charge in [-0.05, 0) is 19.9 Å².